The van der Waals surface area contributed by atoms with Gasteiger partial charge in [-0.3, -0.25) is 0 Å². The minimum absolute atomic E-state index is 0.0957. The Morgan fingerprint density at radius 3 is 2.65 bits per heavy atom. The van der Waals surface area contributed by atoms with Gasteiger partial charge in [0.1, 0.15) is 11.5 Å². The minimum Gasteiger partial charge on any atom is -0.497 e. The molecule has 4 nitrogen and oxygen atoms in total. The highest BCUT2D eigenvalue weighted by atomic mass is 16.5. The quantitative estimate of drug-likeness (QED) is 0.737. The number of hydrogen-bond donors (Lipinski definition) is 1. The number of benzene rings is 2. The van der Waals surface area contributed by atoms with Crippen molar-refractivity contribution in [1.29, 1.82) is 0 Å². The lowest BCUT2D eigenvalue weighted by molar-refractivity contribution is 0.399. The summed E-state index contributed by atoms with van der Waals surface area (Å²) in [5.74, 6) is 2.52. The normalized spacial score (nSPS) is 12.3. The smallest absolute Gasteiger partial charge is 0.176 e. The molecule has 0 saturated carbocycles. The maximum absolute atomic E-state index is 5.97. The van der Waals surface area contributed by atoms with E-state index in [-0.39, 0.29) is 6.04 Å². The van der Waals surface area contributed by atoms with Crippen LogP contribution in [0.15, 0.2) is 52.9 Å². The first-order chi connectivity index (χ1) is 11.2. The SMILES string of the molecule is COc1cccc(CN[C@H](C)c2cc3cccc(OC)c3o2)c1. The first-order valence-electron chi connectivity index (χ1n) is 7.64. The van der Waals surface area contributed by atoms with Gasteiger partial charge in [-0.15, -0.1) is 0 Å². The molecule has 0 aliphatic carbocycles. The average molecular weight is 311 g/mol. The van der Waals surface area contributed by atoms with Crippen LogP contribution in [0.2, 0.25) is 0 Å². The lowest BCUT2D eigenvalue weighted by Gasteiger charge is -2.12. The molecule has 1 atom stereocenters. The molecule has 3 rings (SSSR count). The molecule has 4 heteroatoms. The highest BCUT2D eigenvalue weighted by Crippen LogP contribution is 2.30. The van der Waals surface area contributed by atoms with Crippen LogP contribution >= 0.6 is 0 Å². The average Bonchev–Trinajstić information content (AvgIpc) is 3.04. The second-order valence-corrected chi connectivity index (χ2v) is 5.48. The molecule has 0 radical (unpaired) electrons. The van der Waals surface area contributed by atoms with Gasteiger partial charge < -0.3 is 19.2 Å². The maximum Gasteiger partial charge on any atom is 0.176 e. The summed E-state index contributed by atoms with van der Waals surface area (Å²) in [5, 5.41) is 4.53. The van der Waals surface area contributed by atoms with Crippen molar-refractivity contribution in [3.63, 3.8) is 0 Å². The molecule has 0 bridgehead atoms. The van der Waals surface area contributed by atoms with Crippen LogP contribution in [0.1, 0.15) is 24.3 Å². The topological polar surface area (TPSA) is 43.6 Å². The Hall–Kier alpha value is -2.46. The van der Waals surface area contributed by atoms with Gasteiger partial charge in [-0.05, 0) is 36.8 Å². The van der Waals surface area contributed by atoms with Gasteiger partial charge in [0.25, 0.3) is 0 Å². The monoisotopic (exact) mass is 311 g/mol. The number of furan rings is 1. The van der Waals surface area contributed by atoms with Gasteiger partial charge >= 0.3 is 0 Å². The van der Waals surface area contributed by atoms with Crippen LogP contribution in [-0.2, 0) is 6.54 Å². The summed E-state index contributed by atoms with van der Waals surface area (Å²) < 4.78 is 16.6. The number of fused-ring (bicyclic) bond motifs is 1. The number of methoxy groups -OCH3 is 2. The zero-order chi connectivity index (χ0) is 16.2. The number of rotatable bonds is 6. The number of nitrogens with one attached hydrogen (secondary N) is 1. The predicted molar refractivity (Wildman–Crippen MR) is 91.0 cm³/mol. The summed E-state index contributed by atoms with van der Waals surface area (Å²) in [7, 11) is 3.33. The number of ether oxygens (including phenoxy) is 2. The van der Waals surface area contributed by atoms with Crippen LogP contribution in [-0.4, -0.2) is 14.2 Å². The predicted octanol–water partition coefficient (Wildman–Crippen LogP) is 4.30. The van der Waals surface area contributed by atoms with Gasteiger partial charge in [0.05, 0.1) is 20.3 Å². The van der Waals surface area contributed by atoms with Gasteiger partial charge in [0, 0.05) is 11.9 Å². The highest BCUT2D eigenvalue weighted by Gasteiger charge is 2.13. The van der Waals surface area contributed by atoms with Crippen molar-refractivity contribution in [2.45, 2.75) is 19.5 Å². The van der Waals surface area contributed by atoms with E-state index in [1.807, 2.05) is 36.4 Å². The van der Waals surface area contributed by atoms with E-state index >= 15 is 0 Å². The lowest BCUT2D eigenvalue weighted by atomic mass is 10.1. The summed E-state index contributed by atoms with van der Waals surface area (Å²) in [6.07, 6.45) is 0. The fourth-order valence-electron chi connectivity index (χ4n) is 2.58. The van der Waals surface area contributed by atoms with Crippen molar-refractivity contribution < 1.29 is 13.9 Å². The van der Waals surface area contributed by atoms with E-state index in [0.717, 1.165) is 34.8 Å². The van der Waals surface area contributed by atoms with Crippen LogP contribution in [0, 0.1) is 0 Å². The molecule has 0 fully saturated rings. The number of hydrogen-bond acceptors (Lipinski definition) is 4. The van der Waals surface area contributed by atoms with Crippen LogP contribution < -0.4 is 14.8 Å². The maximum atomic E-state index is 5.97. The Morgan fingerprint density at radius 2 is 1.87 bits per heavy atom. The Balaban J connectivity index is 1.74. The standard InChI is InChI=1S/C19H21NO3/c1-13(20-12-14-6-4-8-16(10-14)21-2)18-11-15-7-5-9-17(22-3)19(15)23-18/h4-11,13,20H,12H2,1-3H3/t13-/m1/s1. The van der Waals surface area contributed by atoms with Gasteiger partial charge in [0.2, 0.25) is 0 Å². The van der Waals surface area contributed by atoms with Crippen molar-refractivity contribution in [1.82, 2.24) is 5.32 Å². The summed E-state index contributed by atoms with van der Waals surface area (Å²) in [6, 6.07) is 16.1. The molecule has 0 unspecified atom stereocenters. The lowest BCUT2D eigenvalue weighted by Crippen LogP contribution is -2.17. The van der Waals surface area contributed by atoms with Gasteiger partial charge in [0.15, 0.2) is 11.3 Å². The molecular weight excluding hydrogens is 290 g/mol. The Labute approximate surface area is 136 Å². The van der Waals surface area contributed by atoms with E-state index in [1.165, 1.54) is 5.56 Å². The van der Waals surface area contributed by atoms with Gasteiger partial charge in [-0.25, -0.2) is 0 Å². The first kappa shape index (κ1) is 15.4. The second kappa shape index (κ2) is 6.75. The van der Waals surface area contributed by atoms with E-state index in [4.69, 9.17) is 13.9 Å². The zero-order valence-corrected chi connectivity index (χ0v) is 13.6. The van der Waals surface area contributed by atoms with Crippen LogP contribution in [0.5, 0.6) is 11.5 Å². The molecule has 0 aliphatic heterocycles. The molecule has 3 aromatic rings. The fourth-order valence-corrected chi connectivity index (χ4v) is 2.58. The molecule has 120 valence electrons. The molecular formula is C19H21NO3. The van der Waals surface area contributed by atoms with Crippen molar-refractivity contribution in [2.75, 3.05) is 14.2 Å². The number of para-hydroxylation sites is 1. The fraction of sp³-hybridized carbons (Fsp3) is 0.263. The Morgan fingerprint density at radius 1 is 1.04 bits per heavy atom. The molecule has 0 amide bonds. The zero-order valence-electron chi connectivity index (χ0n) is 13.6. The van der Waals surface area contributed by atoms with Crippen molar-refractivity contribution in [3.05, 3.63) is 59.9 Å². The Bertz CT molecular complexity index is 794. The van der Waals surface area contributed by atoms with Crippen LogP contribution in [0.25, 0.3) is 11.0 Å². The third-order valence-corrected chi connectivity index (χ3v) is 3.92. The van der Waals surface area contributed by atoms with Crippen molar-refractivity contribution >= 4 is 11.0 Å². The van der Waals surface area contributed by atoms with Crippen LogP contribution in [0.3, 0.4) is 0 Å². The van der Waals surface area contributed by atoms with Crippen molar-refractivity contribution in [2.24, 2.45) is 0 Å². The third-order valence-electron chi connectivity index (χ3n) is 3.92. The highest BCUT2D eigenvalue weighted by molar-refractivity contribution is 5.83. The van der Waals surface area contributed by atoms with E-state index in [0.29, 0.717) is 0 Å². The Kier molecular flexibility index (Phi) is 4.53. The van der Waals surface area contributed by atoms with Crippen molar-refractivity contribution in [3.8, 4) is 11.5 Å². The first-order valence-corrected chi connectivity index (χ1v) is 7.64. The van der Waals surface area contributed by atoms with E-state index in [2.05, 4.69) is 24.4 Å². The van der Waals surface area contributed by atoms with Gasteiger partial charge in [-0.2, -0.15) is 0 Å². The summed E-state index contributed by atoms with van der Waals surface area (Å²) in [4.78, 5) is 0. The largest absolute Gasteiger partial charge is 0.497 e. The molecule has 1 N–H and O–H groups in total. The molecule has 0 spiro atoms. The van der Waals surface area contributed by atoms with E-state index < -0.39 is 0 Å². The summed E-state index contributed by atoms with van der Waals surface area (Å²) in [5.41, 5.74) is 1.96. The molecule has 0 saturated heterocycles. The third kappa shape index (κ3) is 3.32. The van der Waals surface area contributed by atoms with E-state index in [1.54, 1.807) is 14.2 Å². The molecule has 2 aromatic carbocycles. The molecule has 1 heterocycles. The van der Waals surface area contributed by atoms with Gasteiger partial charge in [-0.1, -0.05) is 24.3 Å². The summed E-state index contributed by atoms with van der Waals surface area (Å²) >= 11 is 0. The summed E-state index contributed by atoms with van der Waals surface area (Å²) in [6.45, 7) is 2.83. The molecule has 23 heavy (non-hydrogen) atoms. The second-order valence-electron chi connectivity index (χ2n) is 5.48. The minimum atomic E-state index is 0.0957. The molecule has 0 aliphatic rings. The molecule has 1 aromatic heterocycles. The van der Waals surface area contributed by atoms with E-state index in [9.17, 15) is 0 Å². The van der Waals surface area contributed by atoms with Crippen LogP contribution in [0.4, 0.5) is 0 Å².